The zero-order chi connectivity index (χ0) is 10.5. The number of benzene rings is 1. The molecule has 0 aliphatic rings. The average Bonchev–Trinajstić information content (AvgIpc) is 2.80. The zero-order valence-electron chi connectivity index (χ0n) is 8.15. The molecule has 0 spiro atoms. The smallest absolute Gasteiger partial charge is 0.119 e. The minimum Gasteiger partial charge on any atom is -0.492 e. The van der Waals surface area contributed by atoms with Gasteiger partial charge in [-0.2, -0.15) is 0 Å². The van der Waals surface area contributed by atoms with E-state index in [1.54, 1.807) is 11.3 Å². The molecule has 2 rings (SSSR count). The monoisotopic (exact) mass is 238 g/mol. The van der Waals surface area contributed by atoms with Crippen molar-refractivity contribution >= 4 is 22.9 Å². The van der Waals surface area contributed by atoms with E-state index in [4.69, 9.17) is 16.3 Å². The van der Waals surface area contributed by atoms with Gasteiger partial charge in [0, 0.05) is 4.88 Å². The fraction of sp³-hybridized carbons (Fsp3) is 0.167. The highest BCUT2D eigenvalue weighted by atomic mass is 35.5. The Bertz CT molecular complexity index is 394. The molecule has 0 N–H and O–H groups in total. The molecular formula is C12H11ClOS. The number of rotatable bonds is 4. The van der Waals surface area contributed by atoms with Gasteiger partial charge in [-0.25, -0.2) is 0 Å². The molecule has 78 valence electrons. The van der Waals surface area contributed by atoms with Crippen LogP contribution in [0.4, 0.5) is 0 Å². The first-order valence-electron chi connectivity index (χ1n) is 4.73. The summed E-state index contributed by atoms with van der Waals surface area (Å²) < 4.78 is 5.40. The van der Waals surface area contributed by atoms with Gasteiger partial charge in [0.1, 0.15) is 12.4 Å². The van der Waals surface area contributed by atoms with Gasteiger partial charge in [0.15, 0.2) is 0 Å². The maximum Gasteiger partial charge on any atom is 0.119 e. The quantitative estimate of drug-likeness (QED) is 0.731. The second-order valence-corrected chi connectivity index (χ2v) is 4.36. The Kier molecular flexibility index (Phi) is 3.64. The molecule has 0 amide bonds. The maximum atomic E-state index is 5.54. The fourth-order valence-corrected chi connectivity index (χ4v) is 2.12. The molecule has 1 aromatic carbocycles. The van der Waals surface area contributed by atoms with Gasteiger partial charge in [-0.05, 0) is 41.3 Å². The van der Waals surface area contributed by atoms with E-state index in [-0.39, 0.29) is 0 Å². The third-order valence-electron chi connectivity index (χ3n) is 2.01. The van der Waals surface area contributed by atoms with E-state index in [1.165, 1.54) is 10.4 Å². The largest absolute Gasteiger partial charge is 0.492 e. The minimum absolute atomic E-state index is 0.521. The molecule has 0 fully saturated rings. The van der Waals surface area contributed by atoms with Crippen LogP contribution in [0, 0.1) is 0 Å². The topological polar surface area (TPSA) is 9.23 Å². The van der Waals surface area contributed by atoms with Crippen LogP contribution in [-0.4, -0.2) is 12.5 Å². The molecule has 0 saturated carbocycles. The summed E-state index contributed by atoms with van der Waals surface area (Å²) in [6.07, 6.45) is 0. The van der Waals surface area contributed by atoms with Crippen molar-refractivity contribution < 1.29 is 4.74 Å². The van der Waals surface area contributed by atoms with Crippen molar-refractivity contribution in [3.63, 3.8) is 0 Å². The summed E-state index contributed by atoms with van der Waals surface area (Å²) in [4.78, 5) is 1.28. The van der Waals surface area contributed by atoms with E-state index >= 15 is 0 Å². The van der Waals surface area contributed by atoms with Gasteiger partial charge in [0.05, 0.1) is 5.88 Å². The Morgan fingerprint density at radius 2 is 1.93 bits per heavy atom. The van der Waals surface area contributed by atoms with Crippen LogP contribution in [0.15, 0.2) is 41.8 Å². The Morgan fingerprint density at radius 1 is 1.13 bits per heavy atom. The predicted octanol–water partition coefficient (Wildman–Crippen LogP) is 4.03. The van der Waals surface area contributed by atoms with Crippen LogP contribution in [0.1, 0.15) is 0 Å². The van der Waals surface area contributed by atoms with Gasteiger partial charge in [-0.1, -0.05) is 6.07 Å². The van der Waals surface area contributed by atoms with Crippen molar-refractivity contribution in [2.45, 2.75) is 0 Å². The summed E-state index contributed by atoms with van der Waals surface area (Å²) in [7, 11) is 0. The zero-order valence-corrected chi connectivity index (χ0v) is 9.72. The van der Waals surface area contributed by atoms with Crippen LogP contribution in [0.3, 0.4) is 0 Å². The van der Waals surface area contributed by atoms with Gasteiger partial charge >= 0.3 is 0 Å². The lowest BCUT2D eigenvalue weighted by atomic mass is 10.2. The van der Waals surface area contributed by atoms with Crippen molar-refractivity contribution in [3.05, 3.63) is 41.8 Å². The Morgan fingerprint density at radius 3 is 2.53 bits per heavy atom. The highest BCUT2D eigenvalue weighted by Gasteiger charge is 1.98. The first kappa shape index (κ1) is 10.5. The van der Waals surface area contributed by atoms with Gasteiger partial charge in [-0.15, -0.1) is 22.9 Å². The maximum absolute atomic E-state index is 5.54. The molecule has 1 nitrogen and oxygen atoms in total. The summed E-state index contributed by atoms with van der Waals surface area (Å²) in [6.45, 7) is 0.555. The van der Waals surface area contributed by atoms with Crippen LogP contribution in [0.25, 0.3) is 10.4 Å². The second kappa shape index (κ2) is 5.19. The van der Waals surface area contributed by atoms with Crippen molar-refractivity contribution in [2.75, 3.05) is 12.5 Å². The third-order valence-corrected chi connectivity index (χ3v) is 3.08. The number of hydrogen-bond acceptors (Lipinski definition) is 2. The summed E-state index contributed by atoms with van der Waals surface area (Å²) in [5.74, 6) is 1.39. The fourth-order valence-electron chi connectivity index (χ4n) is 1.31. The highest BCUT2D eigenvalue weighted by molar-refractivity contribution is 7.13. The molecule has 3 heteroatoms. The summed E-state index contributed by atoms with van der Waals surface area (Å²) >= 11 is 7.28. The third kappa shape index (κ3) is 2.74. The molecular weight excluding hydrogens is 228 g/mol. The van der Waals surface area contributed by atoms with E-state index < -0.39 is 0 Å². The molecule has 0 radical (unpaired) electrons. The number of halogens is 1. The van der Waals surface area contributed by atoms with E-state index in [9.17, 15) is 0 Å². The van der Waals surface area contributed by atoms with Crippen LogP contribution < -0.4 is 4.74 Å². The van der Waals surface area contributed by atoms with Gasteiger partial charge in [0.2, 0.25) is 0 Å². The van der Waals surface area contributed by atoms with Gasteiger partial charge < -0.3 is 4.74 Å². The van der Waals surface area contributed by atoms with Gasteiger partial charge in [0.25, 0.3) is 0 Å². The van der Waals surface area contributed by atoms with E-state index in [2.05, 4.69) is 29.6 Å². The molecule has 1 heterocycles. The minimum atomic E-state index is 0.521. The molecule has 0 bridgehead atoms. The number of hydrogen-bond donors (Lipinski definition) is 0. The van der Waals surface area contributed by atoms with Crippen LogP contribution in [0.5, 0.6) is 5.75 Å². The molecule has 0 saturated heterocycles. The van der Waals surface area contributed by atoms with Crippen molar-refractivity contribution in [3.8, 4) is 16.2 Å². The van der Waals surface area contributed by atoms with Gasteiger partial charge in [-0.3, -0.25) is 0 Å². The van der Waals surface area contributed by atoms with Crippen LogP contribution in [0.2, 0.25) is 0 Å². The van der Waals surface area contributed by atoms with E-state index in [0.29, 0.717) is 12.5 Å². The molecule has 2 aromatic rings. The first-order chi connectivity index (χ1) is 7.40. The van der Waals surface area contributed by atoms with E-state index in [0.717, 1.165) is 5.75 Å². The predicted molar refractivity (Wildman–Crippen MR) is 66.0 cm³/mol. The van der Waals surface area contributed by atoms with Crippen molar-refractivity contribution in [1.82, 2.24) is 0 Å². The van der Waals surface area contributed by atoms with Crippen molar-refractivity contribution in [2.24, 2.45) is 0 Å². The lowest BCUT2D eigenvalue weighted by Gasteiger charge is -2.04. The SMILES string of the molecule is ClCCOc1ccc(-c2cccs2)cc1. The average molecular weight is 239 g/mol. The molecule has 0 aliphatic heterocycles. The number of ether oxygens (including phenoxy) is 1. The summed E-state index contributed by atoms with van der Waals surface area (Å²) in [5, 5.41) is 2.08. The van der Waals surface area contributed by atoms with Crippen molar-refractivity contribution in [1.29, 1.82) is 0 Å². The Balaban J connectivity index is 2.11. The summed E-state index contributed by atoms with van der Waals surface area (Å²) in [5.41, 5.74) is 1.23. The standard InChI is InChI=1S/C12H11ClOS/c13-7-8-14-11-5-3-10(4-6-11)12-2-1-9-15-12/h1-6,9H,7-8H2. The highest BCUT2D eigenvalue weighted by Crippen LogP contribution is 2.26. The summed E-state index contributed by atoms with van der Waals surface area (Å²) in [6, 6.07) is 12.2. The molecule has 15 heavy (non-hydrogen) atoms. The number of alkyl halides is 1. The van der Waals surface area contributed by atoms with Crippen LogP contribution in [-0.2, 0) is 0 Å². The molecule has 0 aliphatic carbocycles. The molecule has 0 atom stereocenters. The second-order valence-electron chi connectivity index (χ2n) is 3.04. The Labute approximate surface area is 98.3 Å². The lowest BCUT2D eigenvalue weighted by Crippen LogP contribution is -1.97. The van der Waals surface area contributed by atoms with Crippen LogP contribution >= 0.6 is 22.9 Å². The normalized spacial score (nSPS) is 10.2. The van der Waals surface area contributed by atoms with E-state index in [1.807, 2.05) is 12.1 Å². The first-order valence-corrected chi connectivity index (χ1v) is 6.14. The molecule has 0 unspecified atom stereocenters. The molecule has 1 aromatic heterocycles. The lowest BCUT2D eigenvalue weighted by molar-refractivity contribution is 0.343. The number of thiophene rings is 1. The Hall–Kier alpha value is -0.990.